The summed E-state index contributed by atoms with van der Waals surface area (Å²) in [5.41, 5.74) is -6.15. The Labute approximate surface area is 145 Å². The van der Waals surface area contributed by atoms with Gasteiger partial charge >= 0.3 is 0 Å². The highest BCUT2D eigenvalue weighted by Crippen LogP contribution is 2.80. The van der Waals surface area contributed by atoms with E-state index in [0.29, 0.717) is 6.07 Å². The second-order valence-corrected chi connectivity index (χ2v) is 7.27. The van der Waals surface area contributed by atoms with Gasteiger partial charge in [0.25, 0.3) is 5.92 Å². The van der Waals surface area contributed by atoms with Gasteiger partial charge in [0.1, 0.15) is 18.0 Å². The molecule has 3 aliphatic rings. The van der Waals surface area contributed by atoms with Crippen LogP contribution in [-0.4, -0.2) is 31.2 Å². The molecule has 1 N–H and O–H groups in total. The molecular formula is C16H13F4N5O. The van der Waals surface area contributed by atoms with E-state index in [1.165, 1.54) is 0 Å². The van der Waals surface area contributed by atoms with Crippen LogP contribution in [0.5, 0.6) is 0 Å². The van der Waals surface area contributed by atoms with Crippen molar-refractivity contribution in [3.63, 3.8) is 0 Å². The van der Waals surface area contributed by atoms with Gasteiger partial charge < -0.3 is 5.11 Å². The first-order valence-electron chi connectivity index (χ1n) is 7.85. The minimum absolute atomic E-state index is 0.0791. The molecule has 2 bridgehead atoms. The third-order valence-corrected chi connectivity index (χ3v) is 5.61. The molecule has 3 aliphatic carbocycles. The Morgan fingerprint density at radius 3 is 2.50 bits per heavy atom. The monoisotopic (exact) mass is 367 g/mol. The summed E-state index contributed by atoms with van der Waals surface area (Å²) in [4.78, 5) is 0. The van der Waals surface area contributed by atoms with E-state index in [4.69, 9.17) is 5.26 Å². The summed E-state index contributed by atoms with van der Waals surface area (Å²) in [5, 5.41) is 30.2. The van der Waals surface area contributed by atoms with E-state index < -0.39 is 46.1 Å². The van der Waals surface area contributed by atoms with Gasteiger partial charge in [-0.2, -0.15) is 5.26 Å². The van der Waals surface area contributed by atoms with Crippen LogP contribution in [0.1, 0.15) is 24.8 Å². The predicted molar refractivity (Wildman–Crippen MR) is 77.3 cm³/mol. The molecule has 0 aliphatic heterocycles. The van der Waals surface area contributed by atoms with Gasteiger partial charge in [-0.05, 0) is 41.8 Å². The highest BCUT2D eigenvalue weighted by molar-refractivity contribution is 5.36. The number of benzene rings is 1. The molecule has 0 radical (unpaired) electrons. The Morgan fingerprint density at radius 1 is 1.27 bits per heavy atom. The maximum Gasteiger partial charge on any atom is 0.287 e. The number of aliphatic hydroxyl groups is 1. The second kappa shape index (κ2) is 5.01. The summed E-state index contributed by atoms with van der Waals surface area (Å²) in [5.74, 6) is -6.03. The third kappa shape index (κ3) is 1.97. The standard InChI is InChI=1S/C16H13F4N5O/c17-10-1-2-11(12(18)3-10)15(26,8-25-9-22-23-24-25)16(19,20)14-4-13(5-14,6-14)7-21/h1-3,9,26H,4-6,8H2/t13?,14?,15-/m0/s1. The van der Waals surface area contributed by atoms with E-state index in [2.05, 4.69) is 15.5 Å². The van der Waals surface area contributed by atoms with Crippen molar-refractivity contribution < 1.29 is 22.7 Å². The van der Waals surface area contributed by atoms with E-state index in [0.717, 1.165) is 23.1 Å². The SMILES string of the molecule is N#CC12CC(C(F)(F)[C@](O)(Cn3cnnn3)c3ccc(F)cc3F)(C1)C2. The fourth-order valence-corrected chi connectivity index (χ4v) is 4.34. The molecule has 1 heterocycles. The molecule has 2 aromatic rings. The zero-order chi connectivity index (χ0) is 18.8. The molecule has 26 heavy (non-hydrogen) atoms. The van der Waals surface area contributed by atoms with Crippen LogP contribution in [0, 0.1) is 33.8 Å². The zero-order valence-electron chi connectivity index (χ0n) is 13.3. The van der Waals surface area contributed by atoms with Crippen LogP contribution in [0.2, 0.25) is 0 Å². The largest absolute Gasteiger partial charge is 0.377 e. The van der Waals surface area contributed by atoms with Crippen LogP contribution < -0.4 is 0 Å². The van der Waals surface area contributed by atoms with E-state index >= 15 is 8.78 Å². The average Bonchev–Trinajstić information content (AvgIpc) is 2.97. The number of nitriles is 1. The van der Waals surface area contributed by atoms with Crippen LogP contribution in [0.25, 0.3) is 0 Å². The minimum Gasteiger partial charge on any atom is -0.377 e. The molecule has 1 aromatic heterocycles. The fraction of sp³-hybridized carbons (Fsp3) is 0.500. The molecule has 1 atom stereocenters. The Hall–Kier alpha value is -2.54. The predicted octanol–water partition coefficient (Wildman–Crippen LogP) is 2.17. The number of alkyl halides is 2. The number of halogens is 4. The number of hydrogen-bond acceptors (Lipinski definition) is 5. The van der Waals surface area contributed by atoms with Crippen LogP contribution in [0.15, 0.2) is 24.5 Å². The van der Waals surface area contributed by atoms with E-state index in [-0.39, 0.29) is 19.3 Å². The van der Waals surface area contributed by atoms with E-state index in [9.17, 15) is 13.9 Å². The van der Waals surface area contributed by atoms with Gasteiger partial charge in [0.2, 0.25) is 0 Å². The van der Waals surface area contributed by atoms with Gasteiger partial charge in [0.15, 0.2) is 5.60 Å². The maximum atomic E-state index is 15.5. The van der Waals surface area contributed by atoms with Crippen LogP contribution in [0.4, 0.5) is 17.6 Å². The van der Waals surface area contributed by atoms with Crippen LogP contribution in [0.3, 0.4) is 0 Å². The number of aromatic nitrogens is 4. The highest BCUT2D eigenvalue weighted by Gasteiger charge is 2.82. The summed E-state index contributed by atoms with van der Waals surface area (Å²) < 4.78 is 59.4. The molecule has 0 saturated heterocycles. The van der Waals surface area contributed by atoms with Gasteiger partial charge in [0.05, 0.1) is 18.0 Å². The summed E-state index contributed by atoms with van der Waals surface area (Å²) >= 11 is 0. The van der Waals surface area contributed by atoms with Crippen molar-refractivity contribution in [2.75, 3.05) is 0 Å². The highest BCUT2D eigenvalue weighted by atomic mass is 19.3. The van der Waals surface area contributed by atoms with Gasteiger partial charge in [-0.1, -0.05) is 0 Å². The average molecular weight is 367 g/mol. The molecule has 1 aromatic carbocycles. The Bertz CT molecular complexity index is 890. The van der Waals surface area contributed by atoms with Crippen molar-refractivity contribution in [1.29, 1.82) is 5.26 Å². The topological polar surface area (TPSA) is 87.6 Å². The summed E-state index contributed by atoms with van der Waals surface area (Å²) in [6.07, 6.45) is 0.778. The number of rotatable bonds is 5. The fourth-order valence-electron chi connectivity index (χ4n) is 4.34. The smallest absolute Gasteiger partial charge is 0.287 e. The van der Waals surface area contributed by atoms with Crippen molar-refractivity contribution in [2.24, 2.45) is 10.8 Å². The maximum absolute atomic E-state index is 15.5. The lowest BCUT2D eigenvalue weighted by Crippen LogP contribution is -2.74. The van der Waals surface area contributed by atoms with Crippen molar-refractivity contribution in [1.82, 2.24) is 20.2 Å². The molecule has 5 rings (SSSR count). The molecule has 136 valence electrons. The number of tetrazole rings is 1. The Kier molecular flexibility index (Phi) is 3.25. The van der Waals surface area contributed by atoms with Crippen molar-refractivity contribution in [3.8, 4) is 6.07 Å². The van der Waals surface area contributed by atoms with Crippen molar-refractivity contribution in [2.45, 2.75) is 37.3 Å². The molecule has 0 spiro atoms. The van der Waals surface area contributed by atoms with Crippen LogP contribution >= 0.6 is 0 Å². The van der Waals surface area contributed by atoms with Crippen molar-refractivity contribution in [3.05, 3.63) is 41.7 Å². The second-order valence-electron chi connectivity index (χ2n) is 7.27. The third-order valence-electron chi connectivity index (χ3n) is 5.61. The first kappa shape index (κ1) is 16.9. The number of nitrogens with zero attached hydrogens (tertiary/aromatic N) is 5. The lowest BCUT2D eigenvalue weighted by Gasteiger charge is -2.70. The zero-order valence-corrected chi connectivity index (χ0v) is 13.3. The molecule has 3 fully saturated rings. The Morgan fingerprint density at radius 2 is 1.96 bits per heavy atom. The first-order valence-corrected chi connectivity index (χ1v) is 7.85. The molecular weight excluding hydrogens is 354 g/mol. The molecule has 10 heteroatoms. The quantitative estimate of drug-likeness (QED) is 0.819. The van der Waals surface area contributed by atoms with Gasteiger partial charge in [-0.15, -0.1) is 5.10 Å². The lowest BCUT2D eigenvalue weighted by molar-refractivity contribution is -0.356. The first-order chi connectivity index (χ1) is 12.2. The van der Waals surface area contributed by atoms with Crippen LogP contribution in [-0.2, 0) is 12.1 Å². The van der Waals surface area contributed by atoms with Gasteiger partial charge in [-0.3, -0.25) is 0 Å². The molecule has 6 nitrogen and oxygen atoms in total. The van der Waals surface area contributed by atoms with Gasteiger partial charge in [0, 0.05) is 17.0 Å². The Balaban J connectivity index is 1.80. The molecule has 0 amide bonds. The molecule has 3 saturated carbocycles. The normalized spacial score (nSPS) is 29.2. The van der Waals surface area contributed by atoms with E-state index in [1.807, 2.05) is 6.07 Å². The molecule has 0 unspecified atom stereocenters. The summed E-state index contributed by atoms with van der Waals surface area (Å²) in [7, 11) is 0. The van der Waals surface area contributed by atoms with Gasteiger partial charge in [-0.25, -0.2) is 22.2 Å². The van der Waals surface area contributed by atoms with Crippen molar-refractivity contribution >= 4 is 0 Å². The summed E-state index contributed by atoms with van der Waals surface area (Å²) in [6, 6.07) is 4.06. The minimum atomic E-state index is -3.79. The lowest BCUT2D eigenvalue weighted by atomic mass is 9.32. The number of hydrogen-bond donors (Lipinski definition) is 1. The summed E-state index contributed by atoms with van der Waals surface area (Å²) in [6.45, 7) is -0.823. The van der Waals surface area contributed by atoms with E-state index in [1.54, 1.807) is 0 Å².